The Morgan fingerprint density at radius 1 is 1.46 bits per heavy atom. The van der Waals surface area contributed by atoms with Gasteiger partial charge in [0.1, 0.15) is 0 Å². The van der Waals surface area contributed by atoms with Gasteiger partial charge in [0, 0.05) is 57.4 Å². The minimum atomic E-state index is 0. The minimum Gasteiger partial charge on any atom is -0.386 e. The molecule has 3 nitrogen and oxygen atoms in total. The van der Waals surface area contributed by atoms with Crippen molar-refractivity contribution in [3.63, 3.8) is 0 Å². The molecule has 1 radical (unpaired) electrons. The molecule has 0 unspecified atom stereocenters. The van der Waals surface area contributed by atoms with Gasteiger partial charge >= 0.3 is 0 Å². The number of rotatable bonds is 0. The first kappa shape index (κ1) is 9.29. The van der Waals surface area contributed by atoms with E-state index in [0.29, 0.717) is 6.04 Å². The van der Waals surface area contributed by atoms with Crippen molar-refractivity contribution in [3.8, 4) is 0 Å². The van der Waals surface area contributed by atoms with Gasteiger partial charge in [-0.05, 0) is 6.92 Å². The van der Waals surface area contributed by atoms with Gasteiger partial charge in [0.15, 0.2) is 0 Å². The van der Waals surface area contributed by atoms with Crippen LogP contribution in [0.3, 0.4) is 0 Å². The summed E-state index contributed by atoms with van der Waals surface area (Å²) < 4.78 is 9.73. The second-order valence-electron chi connectivity index (χ2n) is 2.88. The van der Waals surface area contributed by atoms with E-state index in [9.17, 15) is 0 Å². The van der Waals surface area contributed by atoms with Crippen LogP contribution in [0.2, 0.25) is 0 Å². The molecule has 0 spiro atoms. The van der Waals surface area contributed by atoms with Crippen LogP contribution >= 0.6 is 0 Å². The quantitative estimate of drug-likeness (QED) is 0.662. The molecule has 0 atom stereocenters. The number of aromatic nitrogens is 3. The topological polar surface area (TPSA) is 30.7 Å². The first-order valence-corrected chi connectivity index (χ1v) is 3.79. The van der Waals surface area contributed by atoms with Crippen LogP contribution in [0, 0.1) is 20.2 Å². The fraction of sp³-hybridized carbons (Fsp3) is 0.333. The monoisotopic (exact) mass is 251 g/mol. The number of fused-ring (bicyclic) bond motifs is 1. The molecular weight excluding hydrogens is 239 g/mol. The molecule has 2 heterocycles. The molecule has 0 N–H and O–H groups in total. The van der Waals surface area contributed by atoms with E-state index in [0.717, 1.165) is 22.4 Å². The van der Waals surface area contributed by atoms with Crippen LogP contribution in [0.5, 0.6) is 0 Å². The van der Waals surface area contributed by atoms with Gasteiger partial charge in [-0.2, -0.15) is 0 Å². The second-order valence-corrected chi connectivity index (χ2v) is 2.88. The second kappa shape index (κ2) is 3.85. The van der Waals surface area contributed by atoms with Crippen molar-refractivity contribution in [3.05, 3.63) is 23.8 Å². The Morgan fingerprint density at radius 2 is 2.15 bits per heavy atom. The molecule has 0 aliphatic heterocycles. The van der Waals surface area contributed by atoms with Gasteiger partial charge in [-0.15, -0.1) is 0 Å². The SMILES string of the molecule is [3H]c1c(C)n(C)c2n[c-]nc(C)c12.[Y]. The van der Waals surface area contributed by atoms with Crippen LogP contribution < -0.4 is 0 Å². The zero-order valence-electron chi connectivity index (χ0n) is 8.92. The van der Waals surface area contributed by atoms with Crippen molar-refractivity contribution in [2.24, 2.45) is 7.05 Å². The molecule has 0 aliphatic carbocycles. The molecule has 0 fully saturated rings. The predicted octanol–water partition coefficient (Wildman–Crippen LogP) is 1.38. The molecule has 0 aliphatic rings. The molecule has 0 amide bonds. The van der Waals surface area contributed by atoms with Crippen LogP contribution in [0.15, 0.2) is 6.04 Å². The van der Waals surface area contributed by atoms with Crippen molar-refractivity contribution in [1.82, 2.24) is 14.5 Å². The molecule has 65 valence electrons. The molecule has 0 saturated carbocycles. The first-order valence-electron chi connectivity index (χ1n) is 4.29. The van der Waals surface area contributed by atoms with Gasteiger partial charge in [0.25, 0.3) is 0 Å². The summed E-state index contributed by atoms with van der Waals surface area (Å²) in [7, 11) is 1.90. The van der Waals surface area contributed by atoms with E-state index in [2.05, 4.69) is 16.3 Å². The van der Waals surface area contributed by atoms with Crippen LogP contribution in [0.25, 0.3) is 11.0 Å². The standard InChI is InChI=1S/C9H10N3.Y/c1-6-4-8-7(2)10-5-11-9(8)12(6)3;/h4H,1-3H3;/q-1;/i4T;. The summed E-state index contributed by atoms with van der Waals surface area (Å²) in [5.74, 6) is 0. The van der Waals surface area contributed by atoms with Gasteiger partial charge in [-0.25, -0.2) is 0 Å². The van der Waals surface area contributed by atoms with Gasteiger partial charge in [-0.1, -0.05) is 24.0 Å². The van der Waals surface area contributed by atoms with Crippen LogP contribution in [-0.4, -0.2) is 14.5 Å². The number of nitrogens with zero attached hydrogens (tertiary/aromatic N) is 3. The van der Waals surface area contributed by atoms with Gasteiger partial charge in [-0.3, -0.25) is 0 Å². The summed E-state index contributed by atoms with van der Waals surface area (Å²) in [6, 6.07) is 0.518. The first-order chi connectivity index (χ1) is 6.13. The largest absolute Gasteiger partial charge is 0.386 e. The number of hydrogen-bond acceptors (Lipinski definition) is 2. The Balaban J connectivity index is 0.000000980. The summed E-state index contributed by atoms with van der Waals surface area (Å²) in [5, 5.41) is 0.832. The fourth-order valence-electron chi connectivity index (χ4n) is 1.23. The molecule has 4 heteroatoms. The third-order valence-corrected chi connectivity index (χ3v) is 2.09. The summed E-state index contributed by atoms with van der Waals surface area (Å²) in [6.45, 7) is 3.78. The Labute approximate surface area is 104 Å². The minimum absolute atomic E-state index is 0. The smallest absolute Gasteiger partial charge is 0.0627 e. The molecule has 13 heavy (non-hydrogen) atoms. The Kier molecular flexibility index (Phi) is 2.75. The average molecular weight is 251 g/mol. The van der Waals surface area contributed by atoms with E-state index in [1.165, 1.54) is 0 Å². The van der Waals surface area contributed by atoms with E-state index < -0.39 is 0 Å². The molecule has 0 aromatic carbocycles. The van der Waals surface area contributed by atoms with Gasteiger partial charge in [0.05, 0.1) is 1.37 Å². The van der Waals surface area contributed by atoms with E-state index in [1.54, 1.807) is 0 Å². The van der Waals surface area contributed by atoms with Crippen LogP contribution in [0.4, 0.5) is 0 Å². The summed E-state index contributed by atoms with van der Waals surface area (Å²) in [5.41, 5.74) is 2.51. The average Bonchev–Trinajstić information content (AvgIpc) is 2.33. The zero-order valence-corrected chi connectivity index (χ0v) is 10.8. The fourth-order valence-corrected chi connectivity index (χ4v) is 1.23. The normalized spacial score (nSPS) is 11.2. The molecule has 0 saturated heterocycles. The van der Waals surface area contributed by atoms with Crippen molar-refractivity contribution in [2.75, 3.05) is 0 Å². The van der Waals surface area contributed by atoms with E-state index >= 15 is 0 Å². The maximum Gasteiger partial charge on any atom is 0.0627 e. The Bertz CT molecular complexity index is 478. The Hall–Kier alpha value is -0.276. The van der Waals surface area contributed by atoms with E-state index in [-0.39, 0.29) is 32.7 Å². The summed E-state index contributed by atoms with van der Waals surface area (Å²) in [4.78, 5) is 7.98. The van der Waals surface area contributed by atoms with Crippen molar-refractivity contribution >= 4 is 11.0 Å². The van der Waals surface area contributed by atoms with Gasteiger partial charge < -0.3 is 14.5 Å². The van der Waals surface area contributed by atoms with Crippen LogP contribution in [-0.2, 0) is 39.8 Å². The van der Waals surface area contributed by atoms with E-state index in [1.807, 2.05) is 25.5 Å². The van der Waals surface area contributed by atoms with Crippen molar-refractivity contribution in [1.29, 1.82) is 0 Å². The number of hydrogen-bond donors (Lipinski definition) is 0. The van der Waals surface area contributed by atoms with Crippen molar-refractivity contribution < 1.29 is 34.1 Å². The maximum absolute atomic E-state index is 7.84. The zero-order chi connectivity index (χ0) is 9.59. The van der Waals surface area contributed by atoms with Gasteiger partial charge in [0.2, 0.25) is 0 Å². The molecule has 2 aromatic heterocycles. The Morgan fingerprint density at radius 3 is 2.77 bits per heavy atom. The van der Waals surface area contributed by atoms with E-state index in [4.69, 9.17) is 1.37 Å². The number of aryl methyl sites for hydroxylation is 2. The summed E-state index contributed by atoms with van der Waals surface area (Å²) in [6.07, 6.45) is 2.58. The molecule has 0 bridgehead atoms. The van der Waals surface area contributed by atoms with Crippen LogP contribution in [0.1, 0.15) is 12.8 Å². The third kappa shape index (κ3) is 1.68. The molecule has 2 rings (SSSR count). The maximum atomic E-state index is 7.84. The predicted molar refractivity (Wildman–Crippen MR) is 46.8 cm³/mol. The molecular formula is C9H10N3Y-. The summed E-state index contributed by atoms with van der Waals surface area (Å²) >= 11 is 0. The third-order valence-electron chi connectivity index (χ3n) is 2.09. The van der Waals surface area contributed by atoms with Crippen molar-refractivity contribution in [2.45, 2.75) is 13.8 Å². The molecule has 2 aromatic rings.